The molecule has 3 N–H and O–H groups in total. The van der Waals surface area contributed by atoms with Gasteiger partial charge in [0.05, 0.1) is 12.8 Å². The number of hydrogen-bond acceptors (Lipinski definition) is 4. The lowest BCUT2D eigenvalue weighted by atomic mass is 10.3. The smallest absolute Gasteiger partial charge is 0.0764 e. The van der Waals surface area contributed by atoms with Gasteiger partial charge in [0.1, 0.15) is 0 Å². The Bertz CT molecular complexity index is 270. The lowest BCUT2D eigenvalue weighted by Crippen LogP contribution is -1.97. The van der Waals surface area contributed by atoms with E-state index in [1.165, 1.54) is 11.9 Å². The van der Waals surface area contributed by atoms with Gasteiger partial charge in [-0.25, -0.2) is 0 Å². The lowest BCUT2D eigenvalue weighted by Gasteiger charge is -2.07. The molecule has 0 aliphatic carbocycles. The Hall–Kier alpha value is -0.230. The Labute approximate surface area is 83.9 Å². The van der Waals surface area contributed by atoms with E-state index in [1.54, 1.807) is 7.11 Å². The number of nitrogens with one attached hydrogen (secondary N) is 1. The molecule has 0 bridgehead atoms. The highest BCUT2D eigenvalue weighted by molar-refractivity contribution is 9.10. The van der Waals surface area contributed by atoms with Gasteiger partial charge in [-0.3, -0.25) is 15.5 Å². The van der Waals surface area contributed by atoms with E-state index in [0.29, 0.717) is 0 Å². The van der Waals surface area contributed by atoms with Crippen LogP contribution in [0.5, 0.6) is 0 Å². The highest BCUT2D eigenvalue weighted by atomic mass is 79.9. The maximum atomic E-state index is 5.44. The maximum absolute atomic E-state index is 5.44. The second kappa shape index (κ2) is 4.71. The highest BCUT2D eigenvalue weighted by Crippen LogP contribution is 2.26. The van der Waals surface area contributed by atoms with E-state index in [1.807, 2.05) is 18.2 Å². The van der Waals surface area contributed by atoms with E-state index in [9.17, 15) is 0 Å². The number of rotatable bonds is 3. The Kier molecular flexibility index (Phi) is 3.87. The van der Waals surface area contributed by atoms with Crippen molar-refractivity contribution < 1.29 is 4.84 Å². The third kappa shape index (κ3) is 2.38. The zero-order valence-electron chi connectivity index (χ0n) is 6.50. The highest BCUT2D eigenvalue weighted by Gasteiger charge is 2.00. The van der Waals surface area contributed by atoms with Crippen molar-refractivity contribution in [2.45, 2.75) is 4.90 Å². The molecule has 12 heavy (non-hydrogen) atoms. The third-order valence-corrected chi connectivity index (χ3v) is 2.38. The monoisotopic (exact) mass is 248 g/mol. The molecule has 66 valence electrons. The standard InChI is InChI=1S/C7H9BrN2OS/c1-11-10-6-4-5(8)2-3-7(6)12-9/h2-4,10H,9H2,1H3. The molecule has 0 amide bonds. The van der Waals surface area contributed by atoms with E-state index < -0.39 is 0 Å². The summed E-state index contributed by atoms with van der Waals surface area (Å²) in [6.07, 6.45) is 0. The van der Waals surface area contributed by atoms with Crippen LogP contribution in [-0.2, 0) is 4.84 Å². The Morgan fingerprint density at radius 2 is 2.33 bits per heavy atom. The van der Waals surface area contributed by atoms with E-state index >= 15 is 0 Å². The van der Waals surface area contributed by atoms with Crippen LogP contribution in [0.1, 0.15) is 0 Å². The number of halogens is 1. The lowest BCUT2D eigenvalue weighted by molar-refractivity contribution is 0.270. The first-order chi connectivity index (χ1) is 5.77. The van der Waals surface area contributed by atoms with Gasteiger partial charge < -0.3 is 0 Å². The molecule has 0 saturated carbocycles. The summed E-state index contributed by atoms with van der Waals surface area (Å²) >= 11 is 4.53. The molecule has 1 aromatic rings. The Balaban J connectivity index is 2.95. The molecule has 0 saturated heterocycles. The van der Waals surface area contributed by atoms with Gasteiger partial charge >= 0.3 is 0 Å². The summed E-state index contributed by atoms with van der Waals surface area (Å²) in [6, 6.07) is 5.74. The van der Waals surface area contributed by atoms with Gasteiger partial charge in [0.2, 0.25) is 0 Å². The van der Waals surface area contributed by atoms with E-state index in [0.717, 1.165) is 15.1 Å². The molecule has 0 atom stereocenters. The molecule has 3 nitrogen and oxygen atoms in total. The topological polar surface area (TPSA) is 47.3 Å². The van der Waals surface area contributed by atoms with Crippen molar-refractivity contribution in [3.63, 3.8) is 0 Å². The predicted molar refractivity (Wildman–Crippen MR) is 54.8 cm³/mol. The van der Waals surface area contributed by atoms with Gasteiger partial charge in [-0.2, -0.15) is 0 Å². The van der Waals surface area contributed by atoms with Crippen LogP contribution in [0.15, 0.2) is 27.6 Å². The molecule has 0 aliphatic rings. The average Bonchev–Trinajstić information content (AvgIpc) is 2.05. The molecule has 0 aliphatic heterocycles. The molecule has 0 heterocycles. The SMILES string of the molecule is CONc1cc(Br)ccc1SN. The minimum Gasteiger partial charge on any atom is -0.279 e. The van der Waals surface area contributed by atoms with Crippen LogP contribution in [0.2, 0.25) is 0 Å². The number of benzene rings is 1. The van der Waals surface area contributed by atoms with E-state index in [4.69, 9.17) is 9.98 Å². The summed E-state index contributed by atoms with van der Waals surface area (Å²) < 4.78 is 0.986. The second-order valence-corrected chi connectivity index (χ2v) is 3.66. The van der Waals surface area contributed by atoms with Crippen molar-refractivity contribution in [3.05, 3.63) is 22.7 Å². The average molecular weight is 249 g/mol. The van der Waals surface area contributed by atoms with E-state index in [-0.39, 0.29) is 0 Å². The summed E-state index contributed by atoms with van der Waals surface area (Å²) in [4.78, 5) is 5.73. The van der Waals surface area contributed by atoms with Gasteiger partial charge in [-0.15, -0.1) is 0 Å². The van der Waals surface area contributed by atoms with E-state index in [2.05, 4.69) is 21.4 Å². The largest absolute Gasteiger partial charge is 0.279 e. The van der Waals surface area contributed by atoms with Crippen molar-refractivity contribution in [3.8, 4) is 0 Å². The van der Waals surface area contributed by atoms with Gasteiger partial charge in [0, 0.05) is 9.37 Å². The summed E-state index contributed by atoms with van der Waals surface area (Å²) in [5, 5.41) is 5.44. The molecule has 5 heteroatoms. The summed E-state index contributed by atoms with van der Waals surface area (Å²) in [5.74, 6) is 0. The van der Waals surface area contributed by atoms with Crippen LogP contribution < -0.4 is 10.6 Å². The third-order valence-electron chi connectivity index (χ3n) is 1.28. The first-order valence-electron chi connectivity index (χ1n) is 3.23. The van der Waals surface area contributed by atoms with Crippen LogP contribution in [0.25, 0.3) is 0 Å². The van der Waals surface area contributed by atoms with Crippen molar-refractivity contribution >= 4 is 33.6 Å². The molecule has 1 aromatic carbocycles. The second-order valence-electron chi connectivity index (χ2n) is 2.06. The Morgan fingerprint density at radius 1 is 1.58 bits per heavy atom. The normalized spacial score (nSPS) is 9.92. The fourth-order valence-electron chi connectivity index (χ4n) is 0.795. The van der Waals surface area contributed by atoms with Crippen LogP contribution >= 0.6 is 27.9 Å². The molecular weight excluding hydrogens is 240 g/mol. The van der Waals surface area contributed by atoms with Crippen LogP contribution in [0, 0.1) is 0 Å². The zero-order valence-corrected chi connectivity index (χ0v) is 8.91. The molecular formula is C7H9BrN2OS. The molecule has 0 aromatic heterocycles. The molecule has 0 fully saturated rings. The minimum absolute atomic E-state index is 0.861. The molecule has 0 unspecified atom stereocenters. The Morgan fingerprint density at radius 3 is 2.92 bits per heavy atom. The van der Waals surface area contributed by atoms with Gasteiger partial charge in [-0.05, 0) is 30.1 Å². The first kappa shape index (κ1) is 9.85. The van der Waals surface area contributed by atoms with Crippen LogP contribution in [0.3, 0.4) is 0 Å². The molecule has 0 spiro atoms. The first-order valence-corrected chi connectivity index (χ1v) is 4.90. The zero-order chi connectivity index (χ0) is 8.97. The van der Waals surface area contributed by atoms with Crippen molar-refractivity contribution in [1.82, 2.24) is 0 Å². The van der Waals surface area contributed by atoms with Crippen LogP contribution in [0.4, 0.5) is 5.69 Å². The summed E-state index contributed by atoms with van der Waals surface area (Å²) in [7, 11) is 1.56. The molecule has 1 rings (SSSR count). The fraction of sp³-hybridized carbons (Fsp3) is 0.143. The number of hydrogen-bond donors (Lipinski definition) is 2. The van der Waals surface area contributed by atoms with Gasteiger partial charge in [-0.1, -0.05) is 15.9 Å². The van der Waals surface area contributed by atoms with Crippen molar-refractivity contribution in [2.75, 3.05) is 12.6 Å². The van der Waals surface area contributed by atoms with Crippen molar-refractivity contribution in [1.29, 1.82) is 0 Å². The quantitative estimate of drug-likeness (QED) is 0.637. The van der Waals surface area contributed by atoms with Crippen LogP contribution in [-0.4, -0.2) is 7.11 Å². The fourth-order valence-corrected chi connectivity index (χ4v) is 1.53. The number of anilines is 1. The number of nitrogens with two attached hydrogens (primary N) is 1. The minimum atomic E-state index is 0.861. The maximum Gasteiger partial charge on any atom is 0.0764 e. The summed E-state index contributed by atoms with van der Waals surface area (Å²) in [5.41, 5.74) is 3.60. The van der Waals surface area contributed by atoms with Crippen molar-refractivity contribution in [2.24, 2.45) is 5.14 Å². The summed E-state index contributed by atoms with van der Waals surface area (Å²) in [6.45, 7) is 0. The van der Waals surface area contributed by atoms with Gasteiger partial charge in [0.15, 0.2) is 0 Å². The molecule has 0 radical (unpaired) electrons. The van der Waals surface area contributed by atoms with Gasteiger partial charge in [0.25, 0.3) is 0 Å². The predicted octanol–water partition coefficient (Wildman–Crippen LogP) is 2.39.